The van der Waals surface area contributed by atoms with Crippen molar-refractivity contribution in [3.05, 3.63) is 47.7 Å². The molecular weight excluding hydrogens is 250 g/mol. The minimum Gasteiger partial charge on any atom is -0.507 e. The molecule has 0 amide bonds. The fourth-order valence-corrected chi connectivity index (χ4v) is 2.15. The van der Waals surface area contributed by atoms with Crippen LogP contribution in [0.25, 0.3) is 16.9 Å². The van der Waals surface area contributed by atoms with Gasteiger partial charge in [0, 0.05) is 11.9 Å². The fraction of sp³-hybridized carbons (Fsp3) is 0. The molecule has 0 aliphatic heterocycles. The number of nitrogens with zero attached hydrogens (tertiary/aromatic N) is 2. The lowest BCUT2D eigenvalue weighted by atomic mass is 10.2. The molecular formula is C13H10ClN3O. The SMILES string of the molecule is Nc1ccc2c(Cl)nc(-c3ccccc3O)n2c1. The second kappa shape index (κ2) is 3.92. The molecule has 0 unspecified atom stereocenters. The summed E-state index contributed by atoms with van der Waals surface area (Å²) < 4.78 is 1.77. The van der Waals surface area contributed by atoms with Crippen LogP contribution in [-0.4, -0.2) is 14.5 Å². The zero-order valence-electron chi connectivity index (χ0n) is 9.34. The van der Waals surface area contributed by atoms with Crippen LogP contribution in [0.4, 0.5) is 5.69 Å². The highest BCUT2D eigenvalue weighted by Gasteiger charge is 2.13. The predicted molar refractivity (Wildman–Crippen MR) is 71.7 cm³/mol. The van der Waals surface area contributed by atoms with Gasteiger partial charge >= 0.3 is 0 Å². The van der Waals surface area contributed by atoms with Crippen LogP contribution in [-0.2, 0) is 0 Å². The summed E-state index contributed by atoms with van der Waals surface area (Å²) in [4.78, 5) is 4.27. The molecule has 0 fully saturated rings. The van der Waals surface area contributed by atoms with Gasteiger partial charge in [-0.25, -0.2) is 4.98 Å². The van der Waals surface area contributed by atoms with E-state index in [4.69, 9.17) is 17.3 Å². The molecule has 0 spiro atoms. The molecule has 0 aliphatic rings. The second-order valence-corrected chi connectivity index (χ2v) is 4.32. The zero-order chi connectivity index (χ0) is 12.7. The number of hydrogen-bond acceptors (Lipinski definition) is 3. The molecule has 1 aromatic carbocycles. The Morgan fingerprint density at radius 2 is 1.94 bits per heavy atom. The molecule has 3 aromatic rings. The zero-order valence-corrected chi connectivity index (χ0v) is 10.1. The van der Waals surface area contributed by atoms with Gasteiger partial charge in [0.15, 0.2) is 5.15 Å². The molecule has 18 heavy (non-hydrogen) atoms. The number of anilines is 1. The third-order valence-electron chi connectivity index (χ3n) is 2.76. The highest BCUT2D eigenvalue weighted by Crippen LogP contribution is 2.31. The maximum Gasteiger partial charge on any atom is 0.155 e. The molecule has 2 aromatic heterocycles. The van der Waals surface area contributed by atoms with Crippen molar-refractivity contribution < 1.29 is 5.11 Å². The number of halogens is 1. The molecule has 0 saturated heterocycles. The maximum absolute atomic E-state index is 9.87. The van der Waals surface area contributed by atoms with Crippen LogP contribution in [0.1, 0.15) is 0 Å². The smallest absolute Gasteiger partial charge is 0.155 e. The molecule has 3 N–H and O–H groups in total. The van der Waals surface area contributed by atoms with E-state index in [1.165, 1.54) is 0 Å². The van der Waals surface area contributed by atoms with Gasteiger partial charge in [0.25, 0.3) is 0 Å². The number of benzene rings is 1. The maximum atomic E-state index is 9.87. The number of phenolic OH excluding ortho intramolecular Hbond substituents is 1. The average Bonchev–Trinajstić information content (AvgIpc) is 2.67. The van der Waals surface area contributed by atoms with Crippen molar-refractivity contribution in [3.8, 4) is 17.1 Å². The number of aromatic hydroxyl groups is 1. The van der Waals surface area contributed by atoms with Crippen LogP contribution >= 0.6 is 11.6 Å². The lowest BCUT2D eigenvalue weighted by Crippen LogP contribution is -1.93. The quantitative estimate of drug-likeness (QED) is 0.706. The molecule has 2 heterocycles. The van der Waals surface area contributed by atoms with E-state index in [0.29, 0.717) is 22.2 Å². The number of phenols is 1. The summed E-state index contributed by atoms with van der Waals surface area (Å²) in [7, 11) is 0. The van der Waals surface area contributed by atoms with E-state index >= 15 is 0 Å². The Bertz CT molecular complexity index is 736. The van der Waals surface area contributed by atoms with Gasteiger partial charge in [-0.2, -0.15) is 0 Å². The lowest BCUT2D eigenvalue weighted by molar-refractivity contribution is 0.477. The number of para-hydroxylation sites is 1. The van der Waals surface area contributed by atoms with E-state index < -0.39 is 0 Å². The minimum absolute atomic E-state index is 0.156. The van der Waals surface area contributed by atoms with E-state index in [1.807, 2.05) is 6.07 Å². The number of nitrogen functional groups attached to an aromatic ring is 1. The Morgan fingerprint density at radius 3 is 2.72 bits per heavy atom. The molecule has 5 heteroatoms. The van der Waals surface area contributed by atoms with Gasteiger partial charge in [0.1, 0.15) is 11.6 Å². The Morgan fingerprint density at radius 1 is 1.17 bits per heavy atom. The van der Waals surface area contributed by atoms with Gasteiger partial charge in [-0.05, 0) is 24.3 Å². The highest BCUT2D eigenvalue weighted by molar-refractivity contribution is 6.32. The summed E-state index contributed by atoms with van der Waals surface area (Å²) in [5, 5.41) is 10.3. The first kappa shape index (κ1) is 10.9. The van der Waals surface area contributed by atoms with Crippen molar-refractivity contribution in [1.29, 1.82) is 0 Å². The monoisotopic (exact) mass is 259 g/mol. The van der Waals surface area contributed by atoms with Gasteiger partial charge in [-0.1, -0.05) is 23.7 Å². The standard InChI is InChI=1S/C13H10ClN3O/c14-12-10-6-5-8(15)7-17(10)13(16-12)9-3-1-2-4-11(9)18/h1-7,18H,15H2. The van der Waals surface area contributed by atoms with Crippen molar-refractivity contribution in [1.82, 2.24) is 9.38 Å². The third kappa shape index (κ3) is 1.58. The summed E-state index contributed by atoms with van der Waals surface area (Å²) in [6.07, 6.45) is 1.73. The van der Waals surface area contributed by atoms with E-state index in [1.54, 1.807) is 40.9 Å². The van der Waals surface area contributed by atoms with E-state index in [2.05, 4.69) is 4.98 Å². The van der Waals surface area contributed by atoms with Crippen LogP contribution in [0.3, 0.4) is 0 Å². The lowest BCUT2D eigenvalue weighted by Gasteiger charge is -2.04. The van der Waals surface area contributed by atoms with Gasteiger partial charge in [0.2, 0.25) is 0 Å². The Labute approximate surface area is 108 Å². The van der Waals surface area contributed by atoms with Crippen molar-refractivity contribution in [3.63, 3.8) is 0 Å². The van der Waals surface area contributed by atoms with Gasteiger partial charge in [-0.3, -0.25) is 4.40 Å². The number of rotatable bonds is 1. The molecule has 3 rings (SSSR count). The summed E-state index contributed by atoms with van der Waals surface area (Å²) in [6.45, 7) is 0. The van der Waals surface area contributed by atoms with Crippen molar-refractivity contribution in [2.24, 2.45) is 0 Å². The van der Waals surface area contributed by atoms with Crippen LogP contribution in [0.2, 0.25) is 5.15 Å². The van der Waals surface area contributed by atoms with Crippen LogP contribution in [0, 0.1) is 0 Å². The van der Waals surface area contributed by atoms with Gasteiger partial charge in [0.05, 0.1) is 11.1 Å². The molecule has 0 saturated carbocycles. The normalized spacial score (nSPS) is 10.9. The van der Waals surface area contributed by atoms with Crippen LogP contribution < -0.4 is 5.73 Å². The summed E-state index contributed by atoms with van der Waals surface area (Å²) in [6, 6.07) is 10.5. The molecule has 0 radical (unpaired) electrons. The van der Waals surface area contributed by atoms with E-state index in [0.717, 1.165) is 5.52 Å². The minimum atomic E-state index is 0.156. The first-order valence-corrected chi connectivity index (χ1v) is 5.76. The number of nitrogens with two attached hydrogens (primary N) is 1. The average molecular weight is 260 g/mol. The van der Waals surface area contributed by atoms with Crippen LogP contribution in [0.15, 0.2) is 42.6 Å². The predicted octanol–water partition coefficient (Wildman–Crippen LogP) is 2.94. The van der Waals surface area contributed by atoms with Gasteiger partial charge < -0.3 is 10.8 Å². The van der Waals surface area contributed by atoms with E-state index in [-0.39, 0.29) is 5.75 Å². The summed E-state index contributed by atoms with van der Waals surface area (Å²) >= 11 is 6.08. The molecule has 0 atom stereocenters. The highest BCUT2D eigenvalue weighted by atomic mass is 35.5. The Kier molecular flexibility index (Phi) is 2.38. The Hall–Kier alpha value is -2.20. The summed E-state index contributed by atoms with van der Waals surface area (Å²) in [5.74, 6) is 0.726. The number of hydrogen-bond donors (Lipinski definition) is 2. The Balaban J connectivity index is 2.36. The largest absolute Gasteiger partial charge is 0.507 e. The van der Waals surface area contributed by atoms with Crippen molar-refractivity contribution in [2.75, 3.05) is 5.73 Å². The van der Waals surface area contributed by atoms with Crippen molar-refractivity contribution >= 4 is 22.8 Å². The number of fused-ring (bicyclic) bond motifs is 1. The van der Waals surface area contributed by atoms with Crippen LogP contribution in [0.5, 0.6) is 5.75 Å². The molecule has 4 nitrogen and oxygen atoms in total. The fourth-order valence-electron chi connectivity index (χ4n) is 1.92. The third-order valence-corrected chi connectivity index (χ3v) is 3.04. The van der Waals surface area contributed by atoms with E-state index in [9.17, 15) is 5.11 Å². The number of pyridine rings is 1. The first-order valence-electron chi connectivity index (χ1n) is 5.38. The first-order chi connectivity index (χ1) is 8.66. The topological polar surface area (TPSA) is 63.5 Å². The number of aromatic nitrogens is 2. The second-order valence-electron chi connectivity index (χ2n) is 3.96. The summed E-state index contributed by atoms with van der Waals surface area (Å²) in [5.41, 5.74) is 7.74. The van der Waals surface area contributed by atoms with Gasteiger partial charge in [-0.15, -0.1) is 0 Å². The van der Waals surface area contributed by atoms with Crippen molar-refractivity contribution in [2.45, 2.75) is 0 Å². The molecule has 90 valence electrons. The molecule has 0 aliphatic carbocycles. The molecule has 0 bridgehead atoms. The number of imidazole rings is 1.